The molecule has 116 valence electrons. The first-order chi connectivity index (χ1) is 9.85. The zero-order chi connectivity index (χ0) is 15.5. The van der Waals surface area contributed by atoms with Crippen molar-refractivity contribution >= 4 is 21.6 Å². The van der Waals surface area contributed by atoms with Gasteiger partial charge in [-0.15, -0.1) is 0 Å². The van der Waals surface area contributed by atoms with Crippen LogP contribution in [0.15, 0.2) is 24.3 Å². The summed E-state index contributed by atoms with van der Waals surface area (Å²) in [6.45, 7) is 0. The Balaban J connectivity index is 1.99. The molecule has 1 aliphatic carbocycles. The van der Waals surface area contributed by atoms with Gasteiger partial charge in [-0.3, -0.25) is 9.52 Å². The summed E-state index contributed by atoms with van der Waals surface area (Å²) in [5.74, 6) is -0.258. The second-order valence-electron chi connectivity index (χ2n) is 5.38. The number of hydrogen-bond acceptors (Lipinski definition) is 4. The lowest BCUT2D eigenvalue weighted by atomic mass is 9.92. The van der Waals surface area contributed by atoms with Gasteiger partial charge in [0.05, 0.1) is 18.4 Å². The maximum atomic E-state index is 12.1. The van der Waals surface area contributed by atoms with Crippen LogP contribution in [-0.2, 0) is 10.0 Å². The van der Waals surface area contributed by atoms with Gasteiger partial charge >= 0.3 is 0 Å². The summed E-state index contributed by atoms with van der Waals surface area (Å²) in [6.07, 6.45) is 4.05. The molecule has 0 aliphatic heterocycles. The van der Waals surface area contributed by atoms with E-state index < -0.39 is 16.1 Å². The highest BCUT2D eigenvalue weighted by atomic mass is 32.2. The molecule has 0 radical (unpaired) electrons. The number of carbonyl (C=O) groups excluding carboxylic acids is 1. The van der Waals surface area contributed by atoms with E-state index in [0.29, 0.717) is 17.7 Å². The minimum Gasteiger partial charge on any atom is -0.391 e. The molecule has 0 unspecified atom stereocenters. The number of rotatable bonds is 4. The Morgan fingerprint density at radius 1 is 1.19 bits per heavy atom. The fraction of sp³-hybridized carbons (Fsp3) is 0.500. The summed E-state index contributed by atoms with van der Waals surface area (Å²) in [6, 6.07) is 5.97. The van der Waals surface area contributed by atoms with E-state index in [1.165, 1.54) is 12.1 Å². The van der Waals surface area contributed by atoms with Crippen LogP contribution in [0.25, 0.3) is 0 Å². The Morgan fingerprint density at radius 3 is 2.38 bits per heavy atom. The normalized spacial score (nSPS) is 22.6. The summed E-state index contributed by atoms with van der Waals surface area (Å²) in [4.78, 5) is 12.1. The highest BCUT2D eigenvalue weighted by molar-refractivity contribution is 7.92. The van der Waals surface area contributed by atoms with Gasteiger partial charge in [0.25, 0.3) is 5.91 Å². The minimum atomic E-state index is -3.32. The second-order valence-corrected chi connectivity index (χ2v) is 7.13. The molecule has 1 saturated carbocycles. The van der Waals surface area contributed by atoms with Crippen LogP contribution in [0.3, 0.4) is 0 Å². The van der Waals surface area contributed by atoms with Gasteiger partial charge in [-0.2, -0.15) is 0 Å². The molecule has 0 bridgehead atoms. The van der Waals surface area contributed by atoms with Gasteiger partial charge in [-0.05, 0) is 37.1 Å². The molecule has 3 N–H and O–H groups in total. The Hall–Kier alpha value is -1.60. The van der Waals surface area contributed by atoms with Gasteiger partial charge in [0, 0.05) is 11.3 Å². The molecule has 1 amide bonds. The number of nitrogens with one attached hydrogen (secondary N) is 2. The third-order valence-corrected chi connectivity index (χ3v) is 4.10. The molecule has 2 atom stereocenters. The van der Waals surface area contributed by atoms with E-state index in [9.17, 15) is 18.3 Å². The average Bonchev–Trinajstić information content (AvgIpc) is 2.40. The Labute approximate surface area is 124 Å². The molecule has 0 spiro atoms. The highest BCUT2D eigenvalue weighted by Crippen LogP contribution is 2.19. The first kappa shape index (κ1) is 15.8. The van der Waals surface area contributed by atoms with E-state index in [1.807, 2.05) is 0 Å². The predicted molar refractivity (Wildman–Crippen MR) is 80.6 cm³/mol. The minimum absolute atomic E-state index is 0.208. The van der Waals surface area contributed by atoms with Gasteiger partial charge in [0.15, 0.2) is 0 Å². The van der Waals surface area contributed by atoms with Crippen LogP contribution >= 0.6 is 0 Å². The number of aliphatic hydroxyl groups excluding tert-OH is 1. The fourth-order valence-corrected chi connectivity index (χ4v) is 3.00. The van der Waals surface area contributed by atoms with Crippen molar-refractivity contribution in [3.8, 4) is 0 Å². The number of carbonyl (C=O) groups is 1. The number of hydrogen-bond donors (Lipinski definition) is 3. The molecular formula is C14H20N2O4S. The number of amides is 1. The fourth-order valence-electron chi connectivity index (χ4n) is 2.44. The Bertz CT molecular complexity index is 598. The van der Waals surface area contributed by atoms with Crippen molar-refractivity contribution in [3.63, 3.8) is 0 Å². The summed E-state index contributed by atoms with van der Waals surface area (Å²) in [7, 11) is -3.32. The first-order valence-corrected chi connectivity index (χ1v) is 8.81. The van der Waals surface area contributed by atoms with Crippen LogP contribution in [0.5, 0.6) is 0 Å². The molecule has 7 heteroatoms. The first-order valence-electron chi connectivity index (χ1n) is 6.92. The van der Waals surface area contributed by atoms with Crippen molar-refractivity contribution in [3.05, 3.63) is 29.8 Å². The zero-order valence-electron chi connectivity index (χ0n) is 11.9. The summed E-state index contributed by atoms with van der Waals surface area (Å²) >= 11 is 0. The molecule has 1 aromatic carbocycles. The maximum Gasteiger partial charge on any atom is 0.251 e. The van der Waals surface area contributed by atoms with Gasteiger partial charge in [-0.1, -0.05) is 12.8 Å². The maximum absolute atomic E-state index is 12.1. The summed E-state index contributed by atoms with van der Waals surface area (Å²) in [5, 5.41) is 12.7. The van der Waals surface area contributed by atoms with E-state index in [0.717, 1.165) is 25.5 Å². The quantitative estimate of drug-likeness (QED) is 0.775. The molecule has 6 nitrogen and oxygen atoms in total. The third-order valence-electron chi connectivity index (χ3n) is 3.50. The molecule has 0 heterocycles. The number of aliphatic hydroxyl groups is 1. The van der Waals surface area contributed by atoms with Crippen LogP contribution in [0.1, 0.15) is 36.0 Å². The van der Waals surface area contributed by atoms with Crippen LogP contribution < -0.4 is 10.0 Å². The third kappa shape index (κ3) is 4.71. The second kappa shape index (κ2) is 6.44. The lowest BCUT2D eigenvalue weighted by Crippen LogP contribution is -2.45. The van der Waals surface area contributed by atoms with E-state index in [-0.39, 0.29) is 11.9 Å². The van der Waals surface area contributed by atoms with Crippen LogP contribution in [0.2, 0.25) is 0 Å². The molecule has 1 fully saturated rings. The van der Waals surface area contributed by atoms with Gasteiger partial charge < -0.3 is 10.4 Å². The molecule has 1 aromatic rings. The SMILES string of the molecule is CS(=O)(=O)Nc1ccc(C(=O)N[C@@H]2CCCC[C@H]2O)cc1. The number of benzene rings is 1. The molecule has 0 saturated heterocycles. The molecule has 21 heavy (non-hydrogen) atoms. The highest BCUT2D eigenvalue weighted by Gasteiger charge is 2.24. The molecular weight excluding hydrogens is 292 g/mol. The van der Waals surface area contributed by atoms with Crippen molar-refractivity contribution < 1.29 is 18.3 Å². The number of sulfonamides is 1. The Morgan fingerprint density at radius 2 is 1.81 bits per heavy atom. The van der Waals surface area contributed by atoms with Crippen LogP contribution in [0, 0.1) is 0 Å². The van der Waals surface area contributed by atoms with Gasteiger partial charge in [0.1, 0.15) is 0 Å². The van der Waals surface area contributed by atoms with Crippen molar-refractivity contribution in [2.24, 2.45) is 0 Å². The van der Waals surface area contributed by atoms with E-state index >= 15 is 0 Å². The average molecular weight is 312 g/mol. The lowest BCUT2D eigenvalue weighted by Gasteiger charge is -2.28. The van der Waals surface area contributed by atoms with Crippen molar-refractivity contribution in [1.29, 1.82) is 0 Å². The molecule has 0 aromatic heterocycles. The van der Waals surface area contributed by atoms with Crippen molar-refractivity contribution in [2.45, 2.75) is 37.8 Å². The van der Waals surface area contributed by atoms with Crippen LogP contribution in [0.4, 0.5) is 5.69 Å². The van der Waals surface area contributed by atoms with E-state index in [2.05, 4.69) is 10.0 Å². The largest absolute Gasteiger partial charge is 0.391 e. The zero-order valence-corrected chi connectivity index (χ0v) is 12.7. The summed E-state index contributed by atoms with van der Waals surface area (Å²) in [5.41, 5.74) is 0.846. The lowest BCUT2D eigenvalue weighted by molar-refractivity contribution is 0.0717. The van der Waals surface area contributed by atoms with Gasteiger partial charge in [-0.25, -0.2) is 8.42 Å². The topological polar surface area (TPSA) is 95.5 Å². The van der Waals surface area contributed by atoms with E-state index in [4.69, 9.17) is 0 Å². The summed E-state index contributed by atoms with van der Waals surface area (Å²) < 4.78 is 24.5. The van der Waals surface area contributed by atoms with Gasteiger partial charge in [0.2, 0.25) is 10.0 Å². The standard InChI is InChI=1S/C14H20N2O4S/c1-21(19,20)16-11-8-6-10(7-9-11)14(18)15-12-4-2-3-5-13(12)17/h6-9,12-13,16-17H,2-5H2,1H3,(H,15,18)/t12-,13-/m1/s1. The predicted octanol–water partition coefficient (Wildman–Crippen LogP) is 1.09. The monoisotopic (exact) mass is 312 g/mol. The molecule has 2 rings (SSSR count). The van der Waals surface area contributed by atoms with E-state index in [1.54, 1.807) is 12.1 Å². The van der Waals surface area contributed by atoms with Crippen LogP contribution in [-0.4, -0.2) is 37.8 Å². The smallest absolute Gasteiger partial charge is 0.251 e. The Kier molecular flexibility index (Phi) is 4.84. The van der Waals surface area contributed by atoms with Crippen molar-refractivity contribution in [1.82, 2.24) is 5.32 Å². The van der Waals surface area contributed by atoms with Crippen molar-refractivity contribution in [2.75, 3.05) is 11.0 Å². The number of anilines is 1. The molecule has 1 aliphatic rings.